The molecule has 0 saturated carbocycles. The van der Waals surface area contributed by atoms with Crippen molar-refractivity contribution in [2.75, 3.05) is 31.6 Å². The van der Waals surface area contributed by atoms with Gasteiger partial charge in [0.05, 0.1) is 24.3 Å². The smallest absolute Gasteiger partial charge is 0.257 e. The van der Waals surface area contributed by atoms with Gasteiger partial charge in [-0.15, -0.1) is 11.3 Å². The Balaban J connectivity index is 1.66. The molecule has 2 aliphatic rings. The van der Waals surface area contributed by atoms with Crippen molar-refractivity contribution >= 4 is 39.5 Å². The van der Waals surface area contributed by atoms with Crippen molar-refractivity contribution in [3.63, 3.8) is 0 Å². The van der Waals surface area contributed by atoms with E-state index in [0.717, 1.165) is 31.2 Å². The summed E-state index contributed by atoms with van der Waals surface area (Å²) in [4.78, 5) is 28.7. The third-order valence-corrected chi connectivity index (χ3v) is 6.58. The molecule has 1 aliphatic heterocycles. The number of aryl methyl sites for hydroxylation is 1. The Morgan fingerprint density at radius 2 is 1.96 bits per heavy atom. The van der Waals surface area contributed by atoms with Crippen molar-refractivity contribution in [2.45, 2.75) is 25.7 Å². The largest absolute Gasteiger partial charge is 0.378 e. The van der Waals surface area contributed by atoms with Crippen molar-refractivity contribution in [1.82, 2.24) is 4.90 Å². The van der Waals surface area contributed by atoms with Gasteiger partial charge in [0, 0.05) is 23.3 Å². The summed E-state index contributed by atoms with van der Waals surface area (Å²) in [5.74, 6) is -0.112. The van der Waals surface area contributed by atoms with Crippen molar-refractivity contribution < 1.29 is 14.3 Å². The highest BCUT2D eigenvalue weighted by Gasteiger charge is 2.30. The topological polar surface area (TPSA) is 58.6 Å². The fourth-order valence-electron chi connectivity index (χ4n) is 3.37. The third-order valence-electron chi connectivity index (χ3n) is 4.69. The highest BCUT2D eigenvalue weighted by atomic mass is 32.1. The second kappa shape index (κ2) is 7.27. The minimum Gasteiger partial charge on any atom is -0.378 e. The maximum Gasteiger partial charge on any atom is 0.257 e. The summed E-state index contributed by atoms with van der Waals surface area (Å²) in [6.07, 6.45) is 4.17. The van der Waals surface area contributed by atoms with Gasteiger partial charge in [-0.1, -0.05) is 0 Å². The number of ether oxygens (including phenoxy) is 1. The molecule has 2 aromatic rings. The van der Waals surface area contributed by atoms with Crippen molar-refractivity contribution in [1.29, 1.82) is 0 Å². The number of hydrogen-bond donors (Lipinski definition) is 1. The zero-order chi connectivity index (χ0) is 17.2. The molecular weight excluding hydrogens is 356 g/mol. The van der Waals surface area contributed by atoms with E-state index in [1.165, 1.54) is 16.2 Å². The fraction of sp³-hybridized carbons (Fsp3) is 0.444. The summed E-state index contributed by atoms with van der Waals surface area (Å²) in [5.41, 5.74) is 2.50. The van der Waals surface area contributed by atoms with E-state index in [9.17, 15) is 9.59 Å². The molecule has 1 aliphatic carbocycles. The van der Waals surface area contributed by atoms with Gasteiger partial charge in [-0.25, -0.2) is 0 Å². The summed E-state index contributed by atoms with van der Waals surface area (Å²) in [6.45, 7) is 2.38. The van der Waals surface area contributed by atoms with Gasteiger partial charge in [-0.05, 0) is 42.7 Å². The zero-order valence-corrected chi connectivity index (χ0v) is 15.5. The lowest BCUT2D eigenvalue weighted by Crippen LogP contribution is -2.41. The Labute approximate surface area is 154 Å². The van der Waals surface area contributed by atoms with Crippen molar-refractivity contribution in [3.8, 4) is 0 Å². The van der Waals surface area contributed by atoms with Crippen LogP contribution >= 0.6 is 22.7 Å². The molecule has 4 rings (SSSR count). The van der Waals surface area contributed by atoms with Crippen LogP contribution < -0.4 is 5.32 Å². The van der Waals surface area contributed by atoms with E-state index in [0.29, 0.717) is 42.4 Å². The molecular formula is C18H20N2O3S2. The van der Waals surface area contributed by atoms with Gasteiger partial charge in [0.15, 0.2) is 0 Å². The van der Waals surface area contributed by atoms with Crippen LogP contribution in [0.3, 0.4) is 0 Å². The van der Waals surface area contributed by atoms with Gasteiger partial charge in [0.2, 0.25) is 0 Å². The second-order valence-corrected chi connectivity index (χ2v) is 8.17. The molecule has 2 aromatic heterocycles. The average Bonchev–Trinajstić information content (AvgIpc) is 3.29. The van der Waals surface area contributed by atoms with E-state index in [4.69, 9.17) is 4.74 Å². The van der Waals surface area contributed by atoms with E-state index in [1.54, 1.807) is 17.4 Å². The van der Waals surface area contributed by atoms with Crippen LogP contribution in [0.5, 0.6) is 0 Å². The number of rotatable bonds is 3. The molecule has 132 valence electrons. The highest BCUT2D eigenvalue weighted by molar-refractivity contribution is 7.17. The Bertz CT molecular complexity index is 777. The van der Waals surface area contributed by atoms with Gasteiger partial charge in [-0.3, -0.25) is 9.59 Å². The quantitative estimate of drug-likeness (QED) is 0.893. The highest BCUT2D eigenvalue weighted by Crippen LogP contribution is 2.39. The molecule has 0 aromatic carbocycles. The number of carbonyl (C=O) groups excluding carboxylic acids is 2. The van der Waals surface area contributed by atoms with Crippen LogP contribution in [0.25, 0.3) is 0 Å². The SMILES string of the molecule is O=C(Nc1sc2c(c1C(=O)N1CCOCC1)CCCC2)c1ccsc1. The number of carbonyl (C=O) groups is 2. The summed E-state index contributed by atoms with van der Waals surface area (Å²) in [5, 5.41) is 7.41. The predicted octanol–water partition coefficient (Wildman–Crippen LogP) is 3.41. The van der Waals surface area contributed by atoms with Crippen LogP contribution in [-0.2, 0) is 17.6 Å². The van der Waals surface area contributed by atoms with Gasteiger partial charge < -0.3 is 15.0 Å². The number of morpholine rings is 1. The monoisotopic (exact) mass is 376 g/mol. The molecule has 7 heteroatoms. The minimum atomic E-state index is -0.143. The van der Waals surface area contributed by atoms with Crippen LogP contribution in [0.15, 0.2) is 16.8 Å². The molecule has 0 bridgehead atoms. The zero-order valence-electron chi connectivity index (χ0n) is 13.9. The first-order valence-electron chi connectivity index (χ1n) is 8.59. The molecule has 0 unspecified atom stereocenters. The van der Waals surface area contributed by atoms with Crippen molar-refractivity contribution in [3.05, 3.63) is 38.4 Å². The molecule has 0 atom stereocenters. The average molecular weight is 377 g/mol. The first-order valence-corrected chi connectivity index (χ1v) is 10.3. The maximum absolute atomic E-state index is 13.1. The van der Waals surface area contributed by atoms with E-state index in [-0.39, 0.29) is 11.8 Å². The van der Waals surface area contributed by atoms with E-state index >= 15 is 0 Å². The van der Waals surface area contributed by atoms with E-state index in [1.807, 2.05) is 15.7 Å². The third kappa shape index (κ3) is 3.36. The number of thiophene rings is 2. The van der Waals surface area contributed by atoms with Crippen LogP contribution in [0.4, 0.5) is 5.00 Å². The van der Waals surface area contributed by atoms with Crippen LogP contribution in [-0.4, -0.2) is 43.0 Å². The number of nitrogens with zero attached hydrogens (tertiary/aromatic N) is 1. The molecule has 3 heterocycles. The van der Waals surface area contributed by atoms with Crippen LogP contribution in [0.2, 0.25) is 0 Å². The number of amides is 2. The molecule has 1 N–H and O–H groups in total. The lowest BCUT2D eigenvalue weighted by atomic mass is 9.95. The maximum atomic E-state index is 13.1. The first-order chi connectivity index (χ1) is 12.2. The number of fused-ring (bicyclic) bond motifs is 1. The number of anilines is 1. The van der Waals surface area contributed by atoms with Crippen molar-refractivity contribution in [2.24, 2.45) is 0 Å². The van der Waals surface area contributed by atoms with Gasteiger partial charge in [-0.2, -0.15) is 11.3 Å². The van der Waals surface area contributed by atoms with Gasteiger partial charge in [0.25, 0.3) is 11.8 Å². The summed E-state index contributed by atoms with van der Waals surface area (Å²) in [7, 11) is 0. The standard InChI is InChI=1S/C18H20N2O3S2/c21-16(12-5-10-24-11-12)19-17-15(13-3-1-2-4-14(13)25-17)18(22)20-6-8-23-9-7-20/h5,10-11H,1-4,6-9H2,(H,19,21). The molecule has 0 radical (unpaired) electrons. The summed E-state index contributed by atoms with van der Waals surface area (Å²) < 4.78 is 5.36. The normalized spacial score (nSPS) is 17.2. The summed E-state index contributed by atoms with van der Waals surface area (Å²) >= 11 is 3.07. The lowest BCUT2D eigenvalue weighted by molar-refractivity contribution is 0.0303. The molecule has 2 amide bonds. The fourth-order valence-corrected chi connectivity index (χ4v) is 5.29. The Kier molecular flexibility index (Phi) is 4.87. The molecule has 0 spiro atoms. The number of hydrogen-bond acceptors (Lipinski definition) is 5. The van der Waals surface area contributed by atoms with Gasteiger partial charge >= 0.3 is 0 Å². The predicted molar refractivity (Wildman–Crippen MR) is 100.0 cm³/mol. The number of nitrogens with one attached hydrogen (secondary N) is 1. The molecule has 1 saturated heterocycles. The van der Waals surface area contributed by atoms with Crippen LogP contribution in [0, 0.1) is 0 Å². The lowest BCUT2D eigenvalue weighted by Gasteiger charge is -2.27. The van der Waals surface area contributed by atoms with E-state index in [2.05, 4.69) is 5.32 Å². The molecule has 5 nitrogen and oxygen atoms in total. The van der Waals surface area contributed by atoms with E-state index < -0.39 is 0 Å². The second-order valence-electron chi connectivity index (χ2n) is 6.29. The summed E-state index contributed by atoms with van der Waals surface area (Å²) in [6, 6.07) is 1.80. The Hall–Kier alpha value is -1.70. The van der Waals surface area contributed by atoms with Gasteiger partial charge in [0.1, 0.15) is 5.00 Å². The Morgan fingerprint density at radius 3 is 2.72 bits per heavy atom. The molecule has 1 fully saturated rings. The molecule has 25 heavy (non-hydrogen) atoms. The Morgan fingerprint density at radius 1 is 1.16 bits per heavy atom. The minimum absolute atomic E-state index is 0.0309. The first kappa shape index (κ1) is 16.8. The van der Waals surface area contributed by atoms with Crippen LogP contribution in [0.1, 0.15) is 44.0 Å².